The summed E-state index contributed by atoms with van der Waals surface area (Å²) < 4.78 is 24.3. The van der Waals surface area contributed by atoms with Crippen LogP contribution in [0.3, 0.4) is 0 Å². The van der Waals surface area contributed by atoms with Gasteiger partial charge in [0.1, 0.15) is 0 Å². The molecule has 235 valence electrons. The van der Waals surface area contributed by atoms with Crippen molar-refractivity contribution in [2.45, 2.75) is 23.8 Å². The number of fused-ring (bicyclic) bond motifs is 4. The van der Waals surface area contributed by atoms with Crippen LogP contribution in [-0.2, 0) is 26.7 Å². The fraction of sp³-hybridized carbons (Fsp3) is 0.103. The Labute approximate surface area is 289 Å². The van der Waals surface area contributed by atoms with Crippen LogP contribution in [0.15, 0.2) is 126 Å². The van der Waals surface area contributed by atoms with Crippen LogP contribution in [0.2, 0.25) is 17.3 Å². The Morgan fingerprint density at radius 3 is 2.36 bits per heavy atom. The third-order valence-corrected chi connectivity index (χ3v) is 12.2. The van der Waals surface area contributed by atoms with Gasteiger partial charge in [0.15, 0.2) is 0 Å². The van der Waals surface area contributed by atoms with Crippen molar-refractivity contribution in [3.8, 4) is 22.6 Å². The first kappa shape index (κ1) is 32.5. The second-order valence-electron chi connectivity index (χ2n) is 12.1. The predicted molar refractivity (Wildman–Crippen MR) is 186 cm³/mol. The zero-order valence-corrected chi connectivity index (χ0v) is 30.7. The summed E-state index contributed by atoms with van der Waals surface area (Å²) in [5, 5.41) is 1.05. The minimum atomic E-state index is -1.72. The monoisotopic (exact) mass is 857 g/mol. The van der Waals surface area contributed by atoms with Crippen LogP contribution < -0.4 is 4.40 Å². The maximum absolute atomic E-state index is 14.8. The summed E-state index contributed by atoms with van der Waals surface area (Å²) in [5.74, 6) is 7.44. The number of para-hydroxylation sites is 2. The molecule has 0 N–H and O–H groups in total. The molecule has 0 aliphatic heterocycles. The number of aromatic nitrogens is 4. The number of hydrogen-bond acceptors (Lipinski definition) is 4. The maximum atomic E-state index is 14.8. The van der Waals surface area contributed by atoms with Gasteiger partial charge >= 0.3 is 99.8 Å². The second kappa shape index (κ2) is 13.7. The number of furan rings is 1. The Hall–Kier alpha value is -4.43. The minimum Gasteiger partial charge on any atom is 0 e. The van der Waals surface area contributed by atoms with E-state index in [1.54, 1.807) is 12.3 Å². The molecule has 0 bridgehead atoms. The van der Waals surface area contributed by atoms with E-state index < -0.39 is 13.3 Å². The van der Waals surface area contributed by atoms with Gasteiger partial charge in [0.05, 0.1) is 22.4 Å². The summed E-state index contributed by atoms with van der Waals surface area (Å²) in [6, 6.07) is 41.6. The molecule has 8 rings (SSSR count). The van der Waals surface area contributed by atoms with E-state index in [9.17, 15) is 4.39 Å². The first-order chi connectivity index (χ1) is 22.4. The quantitative estimate of drug-likeness (QED) is 0.128. The van der Waals surface area contributed by atoms with Crippen LogP contribution in [-0.4, -0.2) is 32.8 Å². The van der Waals surface area contributed by atoms with Gasteiger partial charge in [0.2, 0.25) is 5.71 Å². The molecule has 4 heterocycles. The molecule has 0 unspecified atom stereocenters. The molecule has 5 nitrogen and oxygen atoms in total. The van der Waals surface area contributed by atoms with Gasteiger partial charge in [-0.15, -0.1) is 12.1 Å². The summed E-state index contributed by atoms with van der Waals surface area (Å²) in [7, 11) is 0. The molecule has 0 atom stereocenters. The smallest absolute Gasteiger partial charge is 0 e. The van der Waals surface area contributed by atoms with Crippen molar-refractivity contribution in [3.63, 3.8) is 0 Å². The molecular formula is C39H31FGeIrN4O-2. The number of rotatable bonds is 5. The molecule has 0 saturated heterocycles. The topological polar surface area (TPSA) is 56.7 Å². The van der Waals surface area contributed by atoms with E-state index in [4.69, 9.17) is 9.40 Å². The van der Waals surface area contributed by atoms with Gasteiger partial charge < -0.3 is 8.98 Å². The molecule has 8 heteroatoms. The van der Waals surface area contributed by atoms with Crippen molar-refractivity contribution < 1.29 is 28.9 Å². The SMILES string of the molecule is Fc1c[c-]c(-c2nc3ccccc3n2Cc2ccccc2)c2oc3ncccc3c12.[CH3][Ge]([CH3])([CH3])[c]1ccc(-c2[c-]cccc2)nc1.[Ir]. The van der Waals surface area contributed by atoms with Gasteiger partial charge in [0.25, 0.3) is 0 Å². The molecule has 4 aromatic carbocycles. The molecule has 1 radical (unpaired) electrons. The Bertz CT molecular complexity index is 2280. The van der Waals surface area contributed by atoms with Crippen LogP contribution in [0.4, 0.5) is 4.39 Å². The van der Waals surface area contributed by atoms with Crippen LogP contribution in [0.5, 0.6) is 0 Å². The van der Waals surface area contributed by atoms with Gasteiger partial charge in [-0.3, -0.25) is 9.37 Å². The fourth-order valence-corrected chi connectivity index (χ4v) is 7.70. The largest absolute Gasteiger partial charge is 0 e. The Balaban J connectivity index is 0.000000194. The number of nitrogens with zero attached hydrogens (tertiary/aromatic N) is 4. The number of halogens is 1. The van der Waals surface area contributed by atoms with Crippen molar-refractivity contribution >= 4 is 50.8 Å². The van der Waals surface area contributed by atoms with E-state index in [-0.39, 0.29) is 25.9 Å². The number of imidazole rings is 1. The molecule has 0 aliphatic carbocycles. The number of pyridine rings is 2. The Kier molecular flexibility index (Phi) is 9.50. The van der Waals surface area contributed by atoms with Crippen LogP contribution >= 0.6 is 0 Å². The average Bonchev–Trinajstić information content (AvgIpc) is 3.65. The Morgan fingerprint density at radius 2 is 1.62 bits per heavy atom. The molecule has 47 heavy (non-hydrogen) atoms. The van der Waals surface area contributed by atoms with Crippen LogP contribution in [0, 0.1) is 17.9 Å². The predicted octanol–water partition coefficient (Wildman–Crippen LogP) is 9.08. The molecule has 0 aliphatic rings. The third-order valence-electron chi connectivity index (χ3n) is 7.95. The van der Waals surface area contributed by atoms with E-state index in [1.807, 2.05) is 79.0 Å². The molecule has 0 spiro atoms. The van der Waals surface area contributed by atoms with E-state index in [0.29, 0.717) is 40.0 Å². The Morgan fingerprint density at radius 1 is 0.830 bits per heavy atom. The maximum Gasteiger partial charge on any atom is 0 e. The van der Waals surface area contributed by atoms with Gasteiger partial charge in [-0.05, 0) is 35.2 Å². The molecular weight excluding hydrogens is 824 g/mol. The summed E-state index contributed by atoms with van der Waals surface area (Å²) in [6.45, 7) is 0.627. The van der Waals surface area contributed by atoms with Gasteiger partial charge in [-0.1, -0.05) is 48.0 Å². The molecule has 0 fully saturated rings. The average molecular weight is 856 g/mol. The summed E-state index contributed by atoms with van der Waals surface area (Å²) in [5.41, 5.74) is 6.51. The van der Waals surface area contributed by atoms with Crippen molar-refractivity contribution in [2.24, 2.45) is 0 Å². The van der Waals surface area contributed by atoms with Crippen molar-refractivity contribution in [3.05, 3.63) is 145 Å². The van der Waals surface area contributed by atoms with E-state index in [0.717, 1.165) is 27.9 Å². The number of hydrogen-bond donors (Lipinski definition) is 0. The standard InChI is InChI=1S/C25H15FN3O.C14H16GeN.Ir/c26-19-13-12-18(23-22(19)17-9-6-14-27-25(17)30-23)24-28-20-10-4-5-11-21(20)29(24)15-16-7-2-1-3-8-16;1-15(2,3)13-9-10-14(16-11-13)12-7-5-4-6-8-12;/h1-11,13-14H,15H2;4-7,9-11H,1-3H3;/q2*-1;. The molecule has 8 aromatic rings. The van der Waals surface area contributed by atoms with Gasteiger partial charge in [-0.25, -0.2) is 4.98 Å². The van der Waals surface area contributed by atoms with Gasteiger partial charge in [-0.2, -0.15) is 0 Å². The van der Waals surface area contributed by atoms with Crippen molar-refractivity contribution in [1.29, 1.82) is 0 Å². The zero-order valence-electron chi connectivity index (χ0n) is 26.2. The summed E-state index contributed by atoms with van der Waals surface area (Å²) in [6.07, 6.45) is 3.67. The molecule has 0 amide bonds. The number of benzene rings is 4. The second-order valence-corrected chi connectivity index (χ2v) is 22.8. The molecule has 0 saturated carbocycles. The summed E-state index contributed by atoms with van der Waals surface area (Å²) in [4.78, 5) is 13.6. The van der Waals surface area contributed by atoms with E-state index in [2.05, 4.69) is 68.2 Å². The fourth-order valence-electron chi connectivity index (χ4n) is 5.53. The van der Waals surface area contributed by atoms with Crippen LogP contribution in [0.1, 0.15) is 5.56 Å². The van der Waals surface area contributed by atoms with Crippen molar-refractivity contribution in [2.75, 3.05) is 0 Å². The van der Waals surface area contributed by atoms with Crippen molar-refractivity contribution in [1.82, 2.24) is 19.5 Å². The summed E-state index contributed by atoms with van der Waals surface area (Å²) >= 11 is -1.72. The molecule has 4 aromatic heterocycles. The van der Waals surface area contributed by atoms with E-state index in [1.165, 1.54) is 10.5 Å². The minimum absolute atomic E-state index is 0. The zero-order chi connectivity index (χ0) is 31.7. The van der Waals surface area contributed by atoms with Crippen LogP contribution in [0.25, 0.3) is 55.7 Å². The van der Waals surface area contributed by atoms with Gasteiger partial charge in [0, 0.05) is 44.1 Å². The normalized spacial score (nSPS) is 11.3. The van der Waals surface area contributed by atoms with E-state index >= 15 is 0 Å². The first-order valence-corrected chi connectivity index (χ1v) is 22.5. The first-order valence-electron chi connectivity index (χ1n) is 15.2. The third kappa shape index (κ3) is 6.70.